The van der Waals surface area contributed by atoms with Crippen LogP contribution >= 0.6 is 0 Å². The highest BCUT2D eigenvalue weighted by molar-refractivity contribution is 5.08. The van der Waals surface area contributed by atoms with Crippen LogP contribution in [0, 0.1) is 0 Å². The molecular weight excluding hydrogens is 222 g/mol. The minimum Gasteiger partial charge on any atom is -0.335 e. The van der Waals surface area contributed by atoms with Gasteiger partial charge < -0.3 is 9.88 Å². The molecule has 0 saturated heterocycles. The zero-order valence-corrected chi connectivity index (χ0v) is 12.5. The first-order valence-corrected chi connectivity index (χ1v) is 6.83. The Morgan fingerprint density at radius 2 is 2.17 bits per heavy atom. The number of rotatable bonds is 6. The molecule has 0 amide bonds. The van der Waals surface area contributed by atoms with Crippen molar-refractivity contribution in [3.8, 4) is 0 Å². The molecular formula is C15H27N3. The first-order chi connectivity index (χ1) is 8.42. The van der Waals surface area contributed by atoms with E-state index in [1.807, 2.05) is 12.4 Å². The van der Waals surface area contributed by atoms with E-state index in [-0.39, 0.29) is 5.54 Å². The quantitative estimate of drug-likeness (QED) is 0.620. The lowest BCUT2D eigenvalue weighted by Crippen LogP contribution is -2.36. The molecule has 0 saturated carbocycles. The standard InChI is InChI=1S/C15H27N3/c1-6-18-11-10-16-14(18)12-13(2)8-7-9-17-15(3,4)5/h8,10-11,17H,6-7,9,12H2,1-5H3. The van der Waals surface area contributed by atoms with Crippen LogP contribution in [0.5, 0.6) is 0 Å². The summed E-state index contributed by atoms with van der Waals surface area (Å²) >= 11 is 0. The molecule has 0 atom stereocenters. The van der Waals surface area contributed by atoms with Gasteiger partial charge in [0.2, 0.25) is 0 Å². The fraction of sp³-hybridized carbons (Fsp3) is 0.667. The van der Waals surface area contributed by atoms with Gasteiger partial charge in [0.1, 0.15) is 5.82 Å². The second-order valence-electron chi connectivity index (χ2n) is 5.82. The van der Waals surface area contributed by atoms with Gasteiger partial charge in [0.15, 0.2) is 0 Å². The van der Waals surface area contributed by atoms with Crippen LogP contribution in [-0.4, -0.2) is 21.6 Å². The second kappa shape index (κ2) is 6.74. The van der Waals surface area contributed by atoms with Crippen LogP contribution in [0.1, 0.15) is 46.9 Å². The molecule has 0 aliphatic carbocycles. The van der Waals surface area contributed by atoms with E-state index in [1.54, 1.807) is 0 Å². The summed E-state index contributed by atoms with van der Waals surface area (Å²) in [6.45, 7) is 12.9. The number of imidazole rings is 1. The predicted octanol–water partition coefficient (Wildman–Crippen LogP) is 3.17. The van der Waals surface area contributed by atoms with Crippen molar-refractivity contribution in [2.24, 2.45) is 0 Å². The van der Waals surface area contributed by atoms with E-state index in [1.165, 1.54) is 5.57 Å². The van der Waals surface area contributed by atoms with Gasteiger partial charge in [-0.2, -0.15) is 0 Å². The summed E-state index contributed by atoms with van der Waals surface area (Å²) in [5.41, 5.74) is 1.60. The Morgan fingerprint density at radius 3 is 2.78 bits per heavy atom. The van der Waals surface area contributed by atoms with Crippen LogP contribution in [0.25, 0.3) is 0 Å². The van der Waals surface area contributed by atoms with Gasteiger partial charge >= 0.3 is 0 Å². The molecule has 0 bridgehead atoms. The van der Waals surface area contributed by atoms with Crippen molar-refractivity contribution >= 4 is 0 Å². The van der Waals surface area contributed by atoms with Gasteiger partial charge in [0.05, 0.1) is 0 Å². The molecule has 0 unspecified atom stereocenters. The van der Waals surface area contributed by atoms with Crippen molar-refractivity contribution in [3.63, 3.8) is 0 Å². The second-order valence-corrected chi connectivity index (χ2v) is 5.82. The van der Waals surface area contributed by atoms with Gasteiger partial charge in [-0.15, -0.1) is 0 Å². The monoisotopic (exact) mass is 249 g/mol. The van der Waals surface area contributed by atoms with Crippen molar-refractivity contribution in [2.45, 2.75) is 59.5 Å². The third-order valence-corrected chi connectivity index (χ3v) is 2.87. The fourth-order valence-electron chi connectivity index (χ4n) is 1.88. The number of hydrogen-bond donors (Lipinski definition) is 1. The van der Waals surface area contributed by atoms with E-state index in [2.05, 4.69) is 55.6 Å². The Morgan fingerprint density at radius 1 is 1.44 bits per heavy atom. The van der Waals surface area contributed by atoms with Gasteiger partial charge in [0, 0.05) is 30.9 Å². The molecule has 0 aliphatic rings. The summed E-state index contributed by atoms with van der Waals surface area (Å²) in [4.78, 5) is 4.40. The Labute approximate surface area is 111 Å². The van der Waals surface area contributed by atoms with Crippen molar-refractivity contribution in [2.75, 3.05) is 6.54 Å². The Hall–Kier alpha value is -1.09. The van der Waals surface area contributed by atoms with Gasteiger partial charge in [0.25, 0.3) is 0 Å². The van der Waals surface area contributed by atoms with Gasteiger partial charge in [-0.25, -0.2) is 4.98 Å². The molecule has 0 radical (unpaired) electrons. The number of aromatic nitrogens is 2. The Bertz CT molecular complexity index is 383. The molecule has 3 heteroatoms. The molecule has 3 nitrogen and oxygen atoms in total. The molecule has 18 heavy (non-hydrogen) atoms. The highest BCUT2D eigenvalue weighted by Crippen LogP contribution is 2.07. The maximum atomic E-state index is 4.40. The first-order valence-electron chi connectivity index (χ1n) is 6.83. The van der Waals surface area contributed by atoms with Gasteiger partial charge in [-0.05, 0) is 47.6 Å². The maximum Gasteiger partial charge on any atom is 0.112 e. The summed E-state index contributed by atoms with van der Waals surface area (Å²) in [5, 5.41) is 3.49. The molecule has 0 spiro atoms. The maximum absolute atomic E-state index is 4.40. The number of hydrogen-bond acceptors (Lipinski definition) is 2. The first kappa shape index (κ1) is 15.0. The van der Waals surface area contributed by atoms with E-state index >= 15 is 0 Å². The fourth-order valence-corrected chi connectivity index (χ4v) is 1.88. The molecule has 1 N–H and O–H groups in total. The van der Waals surface area contributed by atoms with E-state index in [9.17, 15) is 0 Å². The van der Waals surface area contributed by atoms with Crippen LogP contribution in [0.4, 0.5) is 0 Å². The summed E-state index contributed by atoms with van der Waals surface area (Å²) in [6, 6.07) is 0. The lowest BCUT2D eigenvalue weighted by molar-refractivity contribution is 0.431. The van der Waals surface area contributed by atoms with Gasteiger partial charge in [-0.1, -0.05) is 11.6 Å². The highest BCUT2D eigenvalue weighted by Gasteiger charge is 2.06. The third kappa shape index (κ3) is 5.50. The molecule has 0 fully saturated rings. The van der Waals surface area contributed by atoms with Crippen LogP contribution < -0.4 is 5.32 Å². The normalized spacial score (nSPS) is 13.1. The van der Waals surface area contributed by atoms with Crippen LogP contribution in [0.15, 0.2) is 24.0 Å². The molecule has 1 rings (SSSR count). The largest absolute Gasteiger partial charge is 0.335 e. The molecule has 0 aliphatic heterocycles. The molecule has 1 aromatic rings. The van der Waals surface area contributed by atoms with Gasteiger partial charge in [-0.3, -0.25) is 0 Å². The summed E-state index contributed by atoms with van der Waals surface area (Å²) in [6.07, 6.45) is 8.27. The number of aryl methyl sites for hydroxylation is 1. The predicted molar refractivity (Wildman–Crippen MR) is 77.7 cm³/mol. The van der Waals surface area contributed by atoms with E-state index in [0.717, 1.165) is 31.8 Å². The number of nitrogens with one attached hydrogen (secondary N) is 1. The number of allylic oxidation sites excluding steroid dienone is 1. The molecule has 1 aromatic heterocycles. The zero-order valence-electron chi connectivity index (χ0n) is 12.5. The average molecular weight is 249 g/mol. The Balaban J connectivity index is 2.38. The van der Waals surface area contributed by atoms with Crippen LogP contribution in [0.2, 0.25) is 0 Å². The SMILES string of the molecule is CCn1ccnc1CC(C)=CCCNC(C)(C)C. The molecule has 1 heterocycles. The Kier molecular flexibility index (Phi) is 5.60. The number of nitrogens with zero attached hydrogens (tertiary/aromatic N) is 2. The van der Waals surface area contributed by atoms with Crippen LogP contribution in [0.3, 0.4) is 0 Å². The van der Waals surface area contributed by atoms with E-state index < -0.39 is 0 Å². The smallest absolute Gasteiger partial charge is 0.112 e. The highest BCUT2D eigenvalue weighted by atomic mass is 15.0. The third-order valence-electron chi connectivity index (χ3n) is 2.87. The van der Waals surface area contributed by atoms with Crippen molar-refractivity contribution in [1.29, 1.82) is 0 Å². The minimum atomic E-state index is 0.209. The summed E-state index contributed by atoms with van der Waals surface area (Å²) in [7, 11) is 0. The summed E-state index contributed by atoms with van der Waals surface area (Å²) in [5.74, 6) is 1.16. The van der Waals surface area contributed by atoms with Crippen molar-refractivity contribution in [3.05, 3.63) is 29.9 Å². The summed E-state index contributed by atoms with van der Waals surface area (Å²) < 4.78 is 2.20. The topological polar surface area (TPSA) is 29.9 Å². The average Bonchev–Trinajstić information content (AvgIpc) is 2.70. The zero-order chi connectivity index (χ0) is 13.6. The lowest BCUT2D eigenvalue weighted by atomic mass is 10.1. The lowest BCUT2D eigenvalue weighted by Gasteiger charge is -2.19. The van der Waals surface area contributed by atoms with E-state index in [0.29, 0.717) is 0 Å². The van der Waals surface area contributed by atoms with E-state index in [4.69, 9.17) is 0 Å². The molecule has 102 valence electrons. The van der Waals surface area contributed by atoms with Crippen molar-refractivity contribution in [1.82, 2.24) is 14.9 Å². The van der Waals surface area contributed by atoms with Crippen LogP contribution in [-0.2, 0) is 13.0 Å². The van der Waals surface area contributed by atoms with Crippen molar-refractivity contribution < 1.29 is 0 Å². The minimum absolute atomic E-state index is 0.209. The molecule has 0 aromatic carbocycles.